The number of guanidine groups is 1. The lowest BCUT2D eigenvalue weighted by Gasteiger charge is -2.25. The number of hydrogen-bond acceptors (Lipinski definition) is 9. The molecule has 12 N–H and O–H groups in total. The highest BCUT2D eigenvalue weighted by atomic mass is 32.2. The number of carboxylic acids is 2. The molecule has 16 nitrogen and oxygen atoms in total. The van der Waals surface area contributed by atoms with Crippen molar-refractivity contribution in [1.29, 1.82) is 0 Å². The third-order valence-electron chi connectivity index (χ3n) is 5.42. The second-order valence-corrected chi connectivity index (χ2v) is 9.56. The molecule has 1 rings (SSSR count). The van der Waals surface area contributed by atoms with Crippen molar-refractivity contribution < 1.29 is 34.2 Å². The molecule has 0 spiro atoms. The topological polar surface area (TPSA) is 281 Å². The van der Waals surface area contributed by atoms with Gasteiger partial charge in [-0.2, -0.15) is 11.8 Å². The third-order valence-corrected chi connectivity index (χ3v) is 6.07. The standard InChI is InChI=1S/C22H37N9O7S/c1-39-8-6-13(23)18(34)29-14(3-2-7-27-22(24)25)19(35)31-16(9-12-10-26-11-28-12)20(36)30-15(21(37)38)4-5-17(32)33/h10-11,13-16H,2-9,23H2,1H3,(H,26,28)(H,29,34)(H,30,36)(H,31,35)(H,32,33)(H,37,38)(H4,24,25,27). The maximum absolute atomic E-state index is 13.3. The van der Waals surface area contributed by atoms with Gasteiger partial charge in [-0.1, -0.05) is 0 Å². The number of aromatic nitrogens is 2. The SMILES string of the molecule is CSCCC(N)C(=O)NC(CCCN=C(N)N)C(=O)NC(Cc1cnc[nH]1)C(=O)NC(CCC(=O)O)C(=O)O. The summed E-state index contributed by atoms with van der Waals surface area (Å²) in [5, 5.41) is 25.7. The first-order valence-electron chi connectivity index (χ1n) is 12.1. The molecule has 0 saturated carbocycles. The van der Waals surface area contributed by atoms with E-state index in [9.17, 15) is 29.1 Å². The fourth-order valence-corrected chi connectivity index (χ4v) is 3.81. The predicted octanol–water partition coefficient (Wildman–Crippen LogP) is -2.51. The zero-order chi connectivity index (χ0) is 29.4. The van der Waals surface area contributed by atoms with E-state index in [0.29, 0.717) is 24.3 Å². The van der Waals surface area contributed by atoms with Crippen LogP contribution in [0, 0.1) is 0 Å². The van der Waals surface area contributed by atoms with Crippen LogP contribution in [0.3, 0.4) is 0 Å². The lowest BCUT2D eigenvalue weighted by atomic mass is 10.1. The number of thioether (sulfide) groups is 1. The quantitative estimate of drug-likeness (QED) is 0.0473. The predicted molar refractivity (Wildman–Crippen MR) is 143 cm³/mol. The zero-order valence-corrected chi connectivity index (χ0v) is 22.4. The number of nitrogens with zero attached hydrogens (tertiary/aromatic N) is 2. The molecule has 218 valence electrons. The van der Waals surface area contributed by atoms with Gasteiger partial charge in [-0.05, 0) is 37.7 Å². The number of amides is 3. The van der Waals surface area contributed by atoms with E-state index in [0.717, 1.165) is 0 Å². The Morgan fingerprint density at radius 1 is 1.00 bits per heavy atom. The van der Waals surface area contributed by atoms with Gasteiger partial charge in [0, 0.05) is 31.3 Å². The number of carboxylic acid groups (broad SMARTS) is 2. The van der Waals surface area contributed by atoms with E-state index >= 15 is 0 Å². The van der Waals surface area contributed by atoms with Crippen LogP contribution in [0.5, 0.6) is 0 Å². The number of rotatable bonds is 19. The smallest absolute Gasteiger partial charge is 0.326 e. The Balaban J connectivity index is 3.08. The van der Waals surface area contributed by atoms with Crippen molar-refractivity contribution >= 4 is 47.4 Å². The molecular weight excluding hydrogens is 534 g/mol. The Morgan fingerprint density at radius 3 is 2.21 bits per heavy atom. The average molecular weight is 572 g/mol. The summed E-state index contributed by atoms with van der Waals surface area (Å²) in [6, 6.07) is -4.75. The fourth-order valence-electron chi connectivity index (χ4n) is 3.32. The molecule has 0 radical (unpaired) electrons. The summed E-state index contributed by atoms with van der Waals surface area (Å²) in [7, 11) is 0. The zero-order valence-electron chi connectivity index (χ0n) is 21.6. The molecule has 1 aromatic heterocycles. The second-order valence-electron chi connectivity index (χ2n) is 8.57. The molecule has 1 aromatic rings. The number of H-pyrrole nitrogens is 1. The van der Waals surface area contributed by atoms with Crippen LogP contribution in [0.25, 0.3) is 0 Å². The van der Waals surface area contributed by atoms with Crippen LogP contribution in [-0.4, -0.2) is 98.5 Å². The monoisotopic (exact) mass is 571 g/mol. The summed E-state index contributed by atoms with van der Waals surface area (Å²) in [6.45, 7) is 0.183. The molecule has 0 saturated heterocycles. The van der Waals surface area contributed by atoms with Crippen molar-refractivity contribution in [2.75, 3.05) is 18.6 Å². The number of aromatic amines is 1. The molecule has 0 aliphatic carbocycles. The molecule has 0 bridgehead atoms. The molecule has 0 aliphatic heterocycles. The maximum Gasteiger partial charge on any atom is 0.326 e. The summed E-state index contributed by atoms with van der Waals surface area (Å²) in [5.41, 5.74) is 17.1. The number of carbonyl (C=O) groups is 5. The van der Waals surface area contributed by atoms with E-state index < -0.39 is 60.2 Å². The summed E-state index contributed by atoms with van der Waals surface area (Å²) in [6.07, 6.45) is 4.51. The summed E-state index contributed by atoms with van der Waals surface area (Å²) < 4.78 is 0. The van der Waals surface area contributed by atoms with Gasteiger partial charge >= 0.3 is 11.9 Å². The summed E-state index contributed by atoms with van der Waals surface area (Å²) in [5.74, 6) is -4.30. The Kier molecular flexibility index (Phi) is 15.0. The molecule has 39 heavy (non-hydrogen) atoms. The van der Waals surface area contributed by atoms with Crippen LogP contribution >= 0.6 is 11.8 Å². The number of nitrogens with two attached hydrogens (primary N) is 3. The van der Waals surface area contributed by atoms with Gasteiger partial charge in [0.1, 0.15) is 18.1 Å². The number of aliphatic carboxylic acids is 2. The lowest BCUT2D eigenvalue weighted by Crippen LogP contribution is -2.57. The third kappa shape index (κ3) is 13.5. The van der Waals surface area contributed by atoms with E-state index in [1.807, 2.05) is 6.26 Å². The van der Waals surface area contributed by atoms with Crippen LogP contribution < -0.4 is 33.2 Å². The molecule has 4 atom stereocenters. The molecule has 3 amide bonds. The van der Waals surface area contributed by atoms with Gasteiger partial charge in [0.2, 0.25) is 17.7 Å². The first-order chi connectivity index (χ1) is 18.4. The van der Waals surface area contributed by atoms with Crippen molar-refractivity contribution in [2.24, 2.45) is 22.2 Å². The number of hydrogen-bond donors (Lipinski definition) is 9. The summed E-state index contributed by atoms with van der Waals surface area (Å²) >= 11 is 1.51. The van der Waals surface area contributed by atoms with Crippen LogP contribution in [0.2, 0.25) is 0 Å². The van der Waals surface area contributed by atoms with Gasteiger partial charge in [-0.15, -0.1) is 0 Å². The highest BCUT2D eigenvalue weighted by Gasteiger charge is 2.31. The van der Waals surface area contributed by atoms with Crippen molar-refractivity contribution in [3.05, 3.63) is 18.2 Å². The summed E-state index contributed by atoms with van der Waals surface area (Å²) in [4.78, 5) is 71.9. The van der Waals surface area contributed by atoms with E-state index in [4.69, 9.17) is 22.3 Å². The van der Waals surface area contributed by atoms with Gasteiger partial charge < -0.3 is 48.3 Å². The molecule has 0 aliphatic rings. The van der Waals surface area contributed by atoms with Gasteiger partial charge in [0.05, 0.1) is 12.4 Å². The van der Waals surface area contributed by atoms with Gasteiger partial charge in [0.25, 0.3) is 0 Å². The van der Waals surface area contributed by atoms with Crippen LogP contribution in [0.4, 0.5) is 0 Å². The van der Waals surface area contributed by atoms with Crippen molar-refractivity contribution in [3.63, 3.8) is 0 Å². The van der Waals surface area contributed by atoms with Crippen LogP contribution in [0.15, 0.2) is 17.5 Å². The number of nitrogens with one attached hydrogen (secondary N) is 4. The van der Waals surface area contributed by atoms with Gasteiger partial charge in [0.15, 0.2) is 5.96 Å². The lowest BCUT2D eigenvalue weighted by molar-refractivity contribution is -0.143. The molecule has 17 heteroatoms. The molecule has 1 heterocycles. The van der Waals surface area contributed by atoms with Crippen LogP contribution in [-0.2, 0) is 30.4 Å². The van der Waals surface area contributed by atoms with Crippen LogP contribution in [0.1, 0.15) is 37.8 Å². The second kappa shape index (κ2) is 17.6. The highest BCUT2D eigenvalue weighted by Crippen LogP contribution is 2.07. The minimum atomic E-state index is -1.50. The van der Waals surface area contributed by atoms with Gasteiger partial charge in [-0.3, -0.25) is 24.2 Å². The highest BCUT2D eigenvalue weighted by molar-refractivity contribution is 7.98. The largest absolute Gasteiger partial charge is 0.481 e. The normalized spacial score (nSPS) is 13.8. The van der Waals surface area contributed by atoms with Crippen molar-refractivity contribution in [3.8, 4) is 0 Å². The van der Waals surface area contributed by atoms with Gasteiger partial charge in [-0.25, -0.2) is 9.78 Å². The van der Waals surface area contributed by atoms with E-state index in [-0.39, 0.29) is 31.8 Å². The average Bonchev–Trinajstić information content (AvgIpc) is 3.38. The number of carbonyl (C=O) groups excluding carboxylic acids is 3. The molecule has 0 aromatic carbocycles. The number of aliphatic imine (C=N–C) groups is 1. The van der Waals surface area contributed by atoms with E-state index in [1.54, 1.807) is 0 Å². The maximum atomic E-state index is 13.3. The Hall–Kier alpha value is -3.86. The number of imidazole rings is 1. The molecule has 0 fully saturated rings. The minimum absolute atomic E-state index is 0.0925. The van der Waals surface area contributed by atoms with E-state index in [2.05, 4.69) is 30.9 Å². The Morgan fingerprint density at radius 2 is 1.64 bits per heavy atom. The Labute approximate surface area is 229 Å². The van der Waals surface area contributed by atoms with Crippen molar-refractivity contribution in [1.82, 2.24) is 25.9 Å². The first kappa shape index (κ1) is 33.2. The van der Waals surface area contributed by atoms with E-state index in [1.165, 1.54) is 24.3 Å². The molecule has 4 unspecified atom stereocenters. The Bertz CT molecular complexity index is 987. The first-order valence-corrected chi connectivity index (χ1v) is 13.5. The fraction of sp³-hybridized carbons (Fsp3) is 0.591. The van der Waals surface area contributed by atoms with Crippen molar-refractivity contribution in [2.45, 2.75) is 62.7 Å². The minimum Gasteiger partial charge on any atom is -0.481 e. The molecular formula is C22H37N9O7S.